The molecule has 1 aliphatic heterocycles. The smallest absolute Gasteiger partial charge is 0.320 e. The number of fused-ring (bicyclic) bond motifs is 2. The Bertz CT molecular complexity index is 1870. The Balaban J connectivity index is 1.06. The molecule has 1 fully saturated rings. The molecule has 3 atom stereocenters. The van der Waals surface area contributed by atoms with E-state index in [4.69, 9.17) is 9.84 Å². The largest absolute Gasteiger partial charge is 0.491 e. The fourth-order valence-corrected chi connectivity index (χ4v) is 6.81. The summed E-state index contributed by atoms with van der Waals surface area (Å²) in [5.74, 6) is 2.06. The SMILES string of the molecule is Cc1cc(NC(=O)NC2CCC(Nc3ccc4nnc(N5CCCCC5C)n4c3)c3ccccc32)n(-c2cccc(OCCO)c2)n1. The maximum Gasteiger partial charge on any atom is 0.320 e. The molecular formula is C35H41N9O3. The molecule has 4 heterocycles. The van der Waals surface area contributed by atoms with E-state index in [9.17, 15) is 4.79 Å². The van der Waals surface area contributed by atoms with Gasteiger partial charge in [-0.3, -0.25) is 9.72 Å². The predicted octanol–water partition coefficient (Wildman–Crippen LogP) is 5.78. The monoisotopic (exact) mass is 635 g/mol. The highest BCUT2D eigenvalue weighted by Crippen LogP contribution is 2.38. The summed E-state index contributed by atoms with van der Waals surface area (Å²) in [6, 6.07) is 21.7. The minimum atomic E-state index is -0.303. The van der Waals surface area contributed by atoms with E-state index < -0.39 is 0 Å². The van der Waals surface area contributed by atoms with Crippen LogP contribution in [0.5, 0.6) is 5.75 Å². The number of carbonyl (C=O) groups excluding carboxylic acids is 1. The van der Waals surface area contributed by atoms with Gasteiger partial charge in [0.25, 0.3) is 0 Å². The number of piperidine rings is 1. The van der Waals surface area contributed by atoms with Crippen LogP contribution in [0, 0.1) is 6.92 Å². The molecule has 1 saturated heterocycles. The number of nitrogens with zero attached hydrogens (tertiary/aromatic N) is 6. The summed E-state index contributed by atoms with van der Waals surface area (Å²) >= 11 is 0. The first-order valence-electron chi connectivity index (χ1n) is 16.4. The lowest BCUT2D eigenvalue weighted by molar-refractivity contribution is 0.201. The summed E-state index contributed by atoms with van der Waals surface area (Å²) in [5.41, 5.74) is 5.60. The zero-order valence-electron chi connectivity index (χ0n) is 26.8. The van der Waals surface area contributed by atoms with E-state index in [1.807, 2.05) is 49.4 Å². The van der Waals surface area contributed by atoms with Crippen LogP contribution in [0.4, 0.5) is 22.2 Å². The number of anilines is 3. The number of aliphatic hydroxyl groups excluding tert-OH is 1. The summed E-state index contributed by atoms with van der Waals surface area (Å²) in [5, 5.41) is 32.7. The molecule has 12 heteroatoms. The Kier molecular flexibility index (Phi) is 8.66. The van der Waals surface area contributed by atoms with Gasteiger partial charge in [-0.2, -0.15) is 5.10 Å². The molecule has 2 aromatic carbocycles. The lowest BCUT2D eigenvalue weighted by Gasteiger charge is -2.34. The lowest BCUT2D eigenvalue weighted by Crippen LogP contribution is -2.38. The Morgan fingerprint density at radius 3 is 2.64 bits per heavy atom. The van der Waals surface area contributed by atoms with E-state index in [0.29, 0.717) is 17.6 Å². The van der Waals surface area contributed by atoms with E-state index in [1.54, 1.807) is 4.68 Å². The number of aromatic nitrogens is 5. The minimum Gasteiger partial charge on any atom is -0.491 e. The van der Waals surface area contributed by atoms with Gasteiger partial charge >= 0.3 is 6.03 Å². The van der Waals surface area contributed by atoms with Gasteiger partial charge in [0.2, 0.25) is 5.95 Å². The van der Waals surface area contributed by atoms with Crippen molar-refractivity contribution in [3.05, 3.63) is 89.7 Å². The molecular weight excluding hydrogens is 594 g/mol. The summed E-state index contributed by atoms with van der Waals surface area (Å²) in [4.78, 5) is 15.8. The molecule has 0 saturated carbocycles. The number of aliphatic hydroxyl groups is 1. The molecule has 2 amide bonds. The van der Waals surface area contributed by atoms with E-state index >= 15 is 0 Å². The molecule has 0 bridgehead atoms. The zero-order valence-corrected chi connectivity index (χ0v) is 26.8. The van der Waals surface area contributed by atoms with Crippen LogP contribution in [0.1, 0.15) is 67.9 Å². The normalized spacial score (nSPS) is 19.3. The molecule has 5 aromatic rings. The molecule has 0 spiro atoms. The van der Waals surface area contributed by atoms with Gasteiger partial charge in [-0.25, -0.2) is 9.48 Å². The topological polar surface area (TPSA) is 134 Å². The van der Waals surface area contributed by atoms with Crippen LogP contribution < -0.4 is 25.6 Å². The first-order valence-corrected chi connectivity index (χ1v) is 16.4. The molecule has 3 unspecified atom stereocenters. The van der Waals surface area contributed by atoms with Crippen molar-refractivity contribution in [2.75, 3.05) is 35.3 Å². The van der Waals surface area contributed by atoms with Crippen LogP contribution in [-0.4, -0.2) is 61.3 Å². The third kappa shape index (κ3) is 6.46. The number of pyridine rings is 1. The number of urea groups is 1. The highest BCUT2D eigenvalue weighted by atomic mass is 16.5. The van der Waals surface area contributed by atoms with Crippen LogP contribution in [0.3, 0.4) is 0 Å². The van der Waals surface area contributed by atoms with Crippen LogP contribution in [0.25, 0.3) is 11.3 Å². The number of carbonyl (C=O) groups is 1. The van der Waals surface area contributed by atoms with Crippen LogP contribution in [0.2, 0.25) is 0 Å². The zero-order chi connectivity index (χ0) is 32.3. The van der Waals surface area contributed by atoms with Gasteiger partial charge in [-0.1, -0.05) is 30.3 Å². The Morgan fingerprint density at radius 2 is 1.81 bits per heavy atom. The standard InChI is InChI=1S/C35H41N9O3/c1-23-20-33(44(41-23)26-9-7-10-27(21-26)47-19-18-45)38-34(46)37-31-15-14-30(28-11-3-4-12-29(28)31)36-25-13-16-32-39-40-35(43(32)22-25)42-17-6-5-8-24(42)2/h3-4,7,9-13,16,20-22,24,30-31,36,45H,5-6,8,14-15,17-19H2,1-2H3,(H2,37,38,46). The number of ether oxygens (including phenoxy) is 1. The molecule has 7 rings (SSSR count). The van der Waals surface area contributed by atoms with Gasteiger partial charge < -0.3 is 25.4 Å². The van der Waals surface area contributed by atoms with Crippen LogP contribution >= 0.6 is 0 Å². The molecule has 1 aliphatic carbocycles. The fourth-order valence-electron chi connectivity index (χ4n) is 6.81. The summed E-state index contributed by atoms with van der Waals surface area (Å²) in [6.45, 7) is 5.26. The average molecular weight is 636 g/mol. The van der Waals surface area contributed by atoms with Crippen molar-refractivity contribution in [2.24, 2.45) is 0 Å². The maximum atomic E-state index is 13.4. The van der Waals surface area contributed by atoms with Gasteiger partial charge in [0.05, 0.1) is 35.8 Å². The number of hydrogen-bond acceptors (Lipinski definition) is 8. The number of hydrogen-bond donors (Lipinski definition) is 4. The lowest BCUT2D eigenvalue weighted by atomic mass is 9.84. The molecule has 0 radical (unpaired) electrons. The second kappa shape index (κ2) is 13.3. The fraction of sp³-hybridized carbons (Fsp3) is 0.371. The van der Waals surface area contributed by atoms with Crippen molar-refractivity contribution in [3.8, 4) is 11.4 Å². The number of aryl methyl sites for hydroxylation is 1. The molecule has 12 nitrogen and oxygen atoms in total. The van der Waals surface area contributed by atoms with Crippen molar-refractivity contribution in [3.63, 3.8) is 0 Å². The van der Waals surface area contributed by atoms with Gasteiger partial charge in [-0.15, -0.1) is 10.2 Å². The molecule has 4 N–H and O–H groups in total. The molecule has 244 valence electrons. The predicted molar refractivity (Wildman–Crippen MR) is 181 cm³/mol. The van der Waals surface area contributed by atoms with Crippen molar-refractivity contribution in [2.45, 2.75) is 64.1 Å². The maximum absolute atomic E-state index is 13.4. The van der Waals surface area contributed by atoms with Crippen LogP contribution in [-0.2, 0) is 0 Å². The summed E-state index contributed by atoms with van der Waals surface area (Å²) in [7, 11) is 0. The van der Waals surface area contributed by atoms with Crippen molar-refractivity contribution in [1.82, 2.24) is 29.7 Å². The van der Waals surface area contributed by atoms with Crippen molar-refractivity contribution < 1.29 is 14.6 Å². The average Bonchev–Trinajstić information content (AvgIpc) is 3.67. The summed E-state index contributed by atoms with van der Waals surface area (Å²) in [6.07, 6.45) is 7.30. The Hall–Kier alpha value is -5.10. The van der Waals surface area contributed by atoms with Crippen molar-refractivity contribution in [1.29, 1.82) is 0 Å². The van der Waals surface area contributed by atoms with Crippen molar-refractivity contribution >= 4 is 29.1 Å². The molecule has 3 aromatic heterocycles. The second-order valence-corrected chi connectivity index (χ2v) is 12.4. The minimum absolute atomic E-state index is 0.0722. The number of amides is 2. The van der Waals surface area contributed by atoms with E-state index in [2.05, 4.69) is 77.9 Å². The van der Waals surface area contributed by atoms with E-state index in [1.165, 1.54) is 18.4 Å². The highest BCUT2D eigenvalue weighted by Gasteiger charge is 2.29. The third-order valence-electron chi connectivity index (χ3n) is 9.08. The Labute approximate surface area is 273 Å². The number of rotatable bonds is 9. The summed E-state index contributed by atoms with van der Waals surface area (Å²) < 4.78 is 9.35. The van der Waals surface area contributed by atoms with Gasteiger partial charge in [0, 0.05) is 30.9 Å². The van der Waals surface area contributed by atoms with E-state index in [0.717, 1.165) is 60.0 Å². The quantitative estimate of drug-likeness (QED) is 0.160. The second-order valence-electron chi connectivity index (χ2n) is 12.4. The van der Waals surface area contributed by atoms with Gasteiger partial charge in [0.15, 0.2) is 5.65 Å². The van der Waals surface area contributed by atoms with Crippen LogP contribution in [0.15, 0.2) is 72.9 Å². The first kappa shape index (κ1) is 30.5. The first-order chi connectivity index (χ1) is 23.0. The van der Waals surface area contributed by atoms with Gasteiger partial charge in [0.1, 0.15) is 18.2 Å². The third-order valence-corrected chi connectivity index (χ3v) is 9.08. The molecule has 47 heavy (non-hydrogen) atoms. The van der Waals surface area contributed by atoms with E-state index in [-0.39, 0.29) is 31.3 Å². The molecule has 2 aliphatic rings. The number of benzene rings is 2. The van der Waals surface area contributed by atoms with Gasteiger partial charge in [-0.05, 0) is 81.3 Å². The Morgan fingerprint density at radius 1 is 0.979 bits per heavy atom. The number of nitrogens with one attached hydrogen (secondary N) is 3. The highest BCUT2D eigenvalue weighted by molar-refractivity contribution is 5.89.